The number of urea groups is 1. The lowest BCUT2D eigenvalue weighted by atomic mass is 10.1. The van der Waals surface area contributed by atoms with Crippen LogP contribution < -0.4 is 10.6 Å². The summed E-state index contributed by atoms with van der Waals surface area (Å²) in [4.78, 5) is 22.3. The van der Waals surface area contributed by atoms with Crippen LogP contribution in [0.15, 0.2) is 12.2 Å². The third-order valence-corrected chi connectivity index (χ3v) is 2.90. The molecule has 0 aromatic heterocycles. The number of carboxylic acid groups (broad SMARTS) is 1. The number of nitrogens with one attached hydrogen (secondary N) is 2. The predicted octanol–water partition coefficient (Wildman–Crippen LogP) is 0.368. The molecule has 0 fully saturated rings. The molecular formula is C13H22N2O5. The van der Waals surface area contributed by atoms with Gasteiger partial charge in [0.1, 0.15) is 0 Å². The van der Waals surface area contributed by atoms with Gasteiger partial charge in [-0.1, -0.05) is 12.2 Å². The molecular weight excluding hydrogens is 264 g/mol. The Morgan fingerprint density at radius 1 is 1.30 bits per heavy atom. The van der Waals surface area contributed by atoms with Gasteiger partial charge in [0, 0.05) is 20.3 Å². The zero-order valence-corrected chi connectivity index (χ0v) is 11.6. The van der Waals surface area contributed by atoms with Crippen LogP contribution >= 0.6 is 0 Å². The SMILES string of the molecule is COCCOCCCNC(=O)NC1C=CC(C(=O)O)C1. The summed E-state index contributed by atoms with van der Waals surface area (Å²) in [6, 6.07) is -0.503. The van der Waals surface area contributed by atoms with Gasteiger partial charge < -0.3 is 25.2 Å². The fourth-order valence-electron chi connectivity index (χ4n) is 1.83. The van der Waals surface area contributed by atoms with Crippen LogP contribution in [0.4, 0.5) is 4.79 Å². The molecule has 1 rings (SSSR count). The summed E-state index contributed by atoms with van der Waals surface area (Å²) in [5, 5.41) is 14.2. The van der Waals surface area contributed by atoms with E-state index < -0.39 is 11.9 Å². The Labute approximate surface area is 118 Å². The lowest BCUT2D eigenvalue weighted by Crippen LogP contribution is -2.41. The van der Waals surface area contributed by atoms with Crippen molar-refractivity contribution in [1.29, 1.82) is 0 Å². The highest BCUT2D eigenvalue weighted by atomic mass is 16.5. The lowest BCUT2D eigenvalue weighted by molar-refractivity contribution is -0.140. The summed E-state index contributed by atoms with van der Waals surface area (Å²) in [6.45, 7) is 2.19. The maximum atomic E-state index is 11.5. The Morgan fingerprint density at radius 3 is 2.75 bits per heavy atom. The normalized spacial score (nSPS) is 20.9. The molecule has 0 heterocycles. The van der Waals surface area contributed by atoms with Crippen LogP contribution in [0.2, 0.25) is 0 Å². The van der Waals surface area contributed by atoms with E-state index in [4.69, 9.17) is 14.6 Å². The highest BCUT2D eigenvalue weighted by molar-refractivity contribution is 5.76. The van der Waals surface area contributed by atoms with E-state index in [0.717, 1.165) is 6.42 Å². The van der Waals surface area contributed by atoms with Crippen molar-refractivity contribution in [2.75, 3.05) is 33.5 Å². The van der Waals surface area contributed by atoms with Crippen LogP contribution in [0, 0.1) is 5.92 Å². The molecule has 0 spiro atoms. The molecule has 2 amide bonds. The van der Waals surface area contributed by atoms with Gasteiger partial charge in [-0.25, -0.2) is 4.79 Å². The van der Waals surface area contributed by atoms with E-state index >= 15 is 0 Å². The second-order valence-corrected chi connectivity index (χ2v) is 4.53. The molecule has 2 atom stereocenters. The Morgan fingerprint density at radius 2 is 2.10 bits per heavy atom. The minimum absolute atomic E-state index is 0.214. The van der Waals surface area contributed by atoms with Gasteiger partial charge in [0.15, 0.2) is 0 Å². The zero-order valence-electron chi connectivity index (χ0n) is 11.6. The Bertz CT molecular complexity index is 346. The average molecular weight is 286 g/mol. The molecule has 7 heteroatoms. The first-order chi connectivity index (χ1) is 9.63. The van der Waals surface area contributed by atoms with E-state index in [1.807, 2.05) is 0 Å². The first-order valence-electron chi connectivity index (χ1n) is 6.65. The summed E-state index contributed by atoms with van der Waals surface area (Å²) in [7, 11) is 1.61. The van der Waals surface area contributed by atoms with Gasteiger partial charge in [-0.15, -0.1) is 0 Å². The number of aliphatic carboxylic acids is 1. The number of ether oxygens (including phenoxy) is 2. The number of methoxy groups -OCH3 is 1. The number of carbonyl (C=O) groups is 2. The molecule has 0 saturated carbocycles. The number of carbonyl (C=O) groups excluding carboxylic acids is 1. The first kappa shape index (κ1) is 16.5. The van der Waals surface area contributed by atoms with Gasteiger partial charge in [-0.2, -0.15) is 0 Å². The highest BCUT2D eigenvalue weighted by Crippen LogP contribution is 2.17. The molecule has 0 bridgehead atoms. The van der Waals surface area contributed by atoms with Crippen molar-refractivity contribution in [3.8, 4) is 0 Å². The Balaban J connectivity index is 2.01. The van der Waals surface area contributed by atoms with E-state index in [2.05, 4.69) is 10.6 Å². The zero-order chi connectivity index (χ0) is 14.8. The van der Waals surface area contributed by atoms with E-state index in [-0.39, 0.29) is 12.1 Å². The monoisotopic (exact) mass is 286 g/mol. The maximum Gasteiger partial charge on any atom is 0.315 e. The molecule has 20 heavy (non-hydrogen) atoms. The number of carboxylic acids is 1. The van der Waals surface area contributed by atoms with Crippen LogP contribution in [-0.4, -0.2) is 56.6 Å². The fraction of sp³-hybridized carbons (Fsp3) is 0.692. The van der Waals surface area contributed by atoms with Crippen molar-refractivity contribution in [1.82, 2.24) is 10.6 Å². The summed E-state index contributed by atoms with van der Waals surface area (Å²) in [5.74, 6) is -1.37. The summed E-state index contributed by atoms with van der Waals surface area (Å²) in [5.41, 5.74) is 0. The van der Waals surface area contributed by atoms with Gasteiger partial charge in [-0.3, -0.25) is 4.79 Å². The van der Waals surface area contributed by atoms with Crippen LogP contribution in [0.5, 0.6) is 0 Å². The fourth-order valence-corrected chi connectivity index (χ4v) is 1.83. The molecule has 1 aliphatic rings. The summed E-state index contributed by atoms with van der Waals surface area (Å²) < 4.78 is 10.1. The third kappa shape index (κ3) is 6.53. The van der Waals surface area contributed by atoms with E-state index in [1.54, 1.807) is 19.3 Å². The quantitative estimate of drug-likeness (QED) is 0.420. The minimum Gasteiger partial charge on any atom is -0.481 e. The largest absolute Gasteiger partial charge is 0.481 e. The molecule has 7 nitrogen and oxygen atoms in total. The van der Waals surface area contributed by atoms with Crippen molar-refractivity contribution in [2.45, 2.75) is 18.9 Å². The van der Waals surface area contributed by atoms with Gasteiger partial charge in [-0.05, 0) is 12.8 Å². The summed E-state index contributed by atoms with van der Waals surface area (Å²) in [6.07, 6.45) is 4.45. The third-order valence-electron chi connectivity index (χ3n) is 2.90. The average Bonchev–Trinajstić information content (AvgIpc) is 2.86. The van der Waals surface area contributed by atoms with Crippen LogP contribution in [0.1, 0.15) is 12.8 Å². The Kier molecular flexibility index (Phi) is 7.67. The molecule has 0 radical (unpaired) electrons. The van der Waals surface area contributed by atoms with Crippen molar-refractivity contribution >= 4 is 12.0 Å². The van der Waals surface area contributed by atoms with Crippen LogP contribution in [0.3, 0.4) is 0 Å². The van der Waals surface area contributed by atoms with Crippen molar-refractivity contribution < 1.29 is 24.2 Å². The van der Waals surface area contributed by atoms with Gasteiger partial charge in [0.05, 0.1) is 25.2 Å². The van der Waals surface area contributed by atoms with Crippen molar-refractivity contribution in [3.05, 3.63) is 12.2 Å². The van der Waals surface area contributed by atoms with Gasteiger partial charge in [0.2, 0.25) is 0 Å². The molecule has 2 unspecified atom stereocenters. The molecule has 1 aliphatic carbocycles. The standard InChI is InChI=1S/C13H22N2O5/c1-19-7-8-20-6-2-5-14-13(18)15-11-4-3-10(9-11)12(16)17/h3-4,10-11H,2,5-9H2,1H3,(H,16,17)(H2,14,15,18). The molecule has 3 N–H and O–H groups in total. The van der Waals surface area contributed by atoms with E-state index in [1.165, 1.54) is 0 Å². The first-order valence-corrected chi connectivity index (χ1v) is 6.65. The molecule has 0 aromatic carbocycles. The summed E-state index contributed by atoms with van der Waals surface area (Å²) >= 11 is 0. The van der Waals surface area contributed by atoms with E-state index in [9.17, 15) is 9.59 Å². The number of rotatable bonds is 9. The van der Waals surface area contributed by atoms with Crippen LogP contribution in [0.25, 0.3) is 0 Å². The lowest BCUT2D eigenvalue weighted by Gasteiger charge is -2.13. The highest BCUT2D eigenvalue weighted by Gasteiger charge is 2.25. The Hall–Kier alpha value is -1.60. The second kappa shape index (κ2) is 9.33. The number of hydrogen-bond donors (Lipinski definition) is 3. The van der Waals surface area contributed by atoms with Gasteiger partial charge in [0.25, 0.3) is 0 Å². The second-order valence-electron chi connectivity index (χ2n) is 4.53. The van der Waals surface area contributed by atoms with Crippen molar-refractivity contribution in [2.24, 2.45) is 5.92 Å². The van der Waals surface area contributed by atoms with Crippen LogP contribution in [-0.2, 0) is 14.3 Å². The van der Waals surface area contributed by atoms with E-state index in [0.29, 0.717) is 32.8 Å². The molecule has 0 saturated heterocycles. The molecule has 0 aromatic rings. The predicted molar refractivity (Wildman–Crippen MR) is 72.5 cm³/mol. The van der Waals surface area contributed by atoms with Crippen molar-refractivity contribution in [3.63, 3.8) is 0 Å². The number of amides is 2. The smallest absolute Gasteiger partial charge is 0.315 e. The van der Waals surface area contributed by atoms with Gasteiger partial charge >= 0.3 is 12.0 Å². The molecule has 114 valence electrons. The minimum atomic E-state index is -0.862. The topological polar surface area (TPSA) is 96.9 Å². The maximum absolute atomic E-state index is 11.5. The number of hydrogen-bond acceptors (Lipinski definition) is 4. The molecule has 0 aliphatic heterocycles.